The first kappa shape index (κ1) is 11.7. The third-order valence-electron chi connectivity index (χ3n) is 3.45. The third kappa shape index (κ3) is 1.83. The minimum absolute atomic E-state index is 0.468. The maximum atomic E-state index is 4.58. The second-order valence-corrected chi connectivity index (χ2v) is 5.23. The van der Waals surface area contributed by atoms with Crippen molar-refractivity contribution in [2.75, 3.05) is 4.90 Å². The molecule has 0 saturated carbocycles. The summed E-state index contributed by atoms with van der Waals surface area (Å²) in [6.07, 6.45) is 2.96. The highest BCUT2D eigenvalue weighted by Gasteiger charge is 2.28. The van der Waals surface area contributed by atoms with Crippen LogP contribution in [0.5, 0.6) is 0 Å². The number of rotatable bonds is 2. The molecule has 1 aromatic carbocycles. The number of fused-ring (bicyclic) bond motifs is 1. The van der Waals surface area contributed by atoms with Gasteiger partial charge in [-0.25, -0.2) is 4.98 Å². The van der Waals surface area contributed by atoms with Crippen LogP contribution in [0, 0.1) is 0 Å². The molecule has 0 spiro atoms. The molecule has 3 rings (SSSR count). The van der Waals surface area contributed by atoms with Gasteiger partial charge in [0, 0.05) is 28.8 Å². The van der Waals surface area contributed by atoms with E-state index >= 15 is 0 Å². The smallest absolute Gasteiger partial charge is 0.137 e. The molecular weight excluding hydrogens is 288 g/mol. The van der Waals surface area contributed by atoms with Crippen LogP contribution in [0.2, 0.25) is 0 Å². The summed E-state index contributed by atoms with van der Waals surface area (Å²) < 4.78 is 0. The number of aromatic nitrogens is 1. The van der Waals surface area contributed by atoms with Crippen LogP contribution in [0.1, 0.15) is 18.1 Å². The maximum Gasteiger partial charge on any atom is 0.137 e. The number of nitrogens with zero attached hydrogens (tertiary/aromatic N) is 2. The van der Waals surface area contributed by atoms with Crippen molar-refractivity contribution >= 4 is 27.4 Å². The zero-order chi connectivity index (χ0) is 12.5. The third-order valence-corrected chi connectivity index (χ3v) is 4.05. The van der Waals surface area contributed by atoms with E-state index in [1.165, 1.54) is 16.8 Å². The molecule has 0 saturated heterocycles. The summed E-state index contributed by atoms with van der Waals surface area (Å²) in [4.78, 5) is 6.93. The fraction of sp³-hybridized carbons (Fsp3) is 0.267. The Labute approximate surface area is 116 Å². The molecule has 0 radical (unpaired) electrons. The molecular formula is C15H15BrN2. The van der Waals surface area contributed by atoms with E-state index in [0.717, 1.165) is 17.6 Å². The highest BCUT2D eigenvalue weighted by atomic mass is 79.9. The molecule has 1 aromatic heterocycles. The van der Waals surface area contributed by atoms with Gasteiger partial charge in [0.2, 0.25) is 0 Å². The minimum Gasteiger partial charge on any atom is -0.323 e. The molecule has 0 bridgehead atoms. The largest absolute Gasteiger partial charge is 0.323 e. The molecule has 92 valence electrons. The molecule has 2 nitrogen and oxygen atoms in total. The SMILES string of the molecule is CC1Cc2ccccc2N1c1ncccc1CBr. The Morgan fingerprint density at radius 1 is 1.28 bits per heavy atom. The summed E-state index contributed by atoms with van der Waals surface area (Å²) in [5, 5.41) is 0.835. The lowest BCUT2D eigenvalue weighted by Crippen LogP contribution is -2.25. The summed E-state index contributed by atoms with van der Waals surface area (Å²) in [7, 11) is 0. The van der Waals surface area contributed by atoms with E-state index in [1.807, 2.05) is 12.3 Å². The van der Waals surface area contributed by atoms with Gasteiger partial charge in [-0.15, -0.1) is 0 Å². The Bertz CT molecular complexity index is 568. The molecule has 3 heteroatoms. The van der Waals surface area contributed by atoms with E-state index in [4.69, 9.17) is 0 Å². The van der Waals surface area contributed by atoms with E-state index in [1.54, 1.807) is 0 Å². The van der Waals surface area contributed by atoms with E-state index in [2.05, 4.69) is 63.1 Å². The maximum absolute atomic E-state index is 4.58. The monoisotopic (exact) mass is 302 g/mol. The lowest BCUT2D eigenvalue weighted by molar-refractivity contribution is 0.748. The molecule has 1 aliphatic heterocycles. The van der Waals surface area contributed by atoms with Crippen LogP contribution in [-0.4, -0.2) is 11.0 Å². The Kier molecular flexibility index (Phi) is 3.08. The second-order valence-electron chi connectivity index (χ2n) is 4.67. The Balaban J connectivity index is 2.12. The Morgan fingerprint density at radius 3 is 2.94 bits per heavy atom. The van der Waals surface area contributed by atoms with E-state index in [0.29, 0.717) is 6.04 Å². The molecule has 2 aromatic rings. The predicted molar refractivity (Wildman–Crippen MR) is 78.6 cm³/mol. The van der Waals surface area contributed by atoms with E-state index < -0.39 is 0 Å². The summed E-state index contributed by atoms with van der Waals surface area (Å²) in [5.74, 6) is 1.08. The summed E-state index contributed by atoms with van der Waals surface area (Å²) in [6, 6.07) is 13.2. The number of anilines is 2. The predicted octanol–water partition coefficient (Wildman–Crippen LogP) is 4.06. The lowest BCUT2D eigenvalue weighted by atomic mass is 10.1. The quantitative estimate of drug-likeness (QED) is 0.778. The van der Waals surface area contributed by atoms with E-state index in [9.17, 15) is 0 Å². The van der Waals surface area contributed by atoms with Crippen LogP contribution < -0.4 is 4.90 Å². The average molecular weight is 303 g/mol. The average Bonchev–Trinajstić information content (AvgIpc) is 2.74. The van der Waals surface area contributed by atoms with Gasteiger partial charge >= 0.3 is 0 Å². The van der Waals surface area contributed by atoms with Gasteiger partial charge in [-0.05, 0) is 31.0 Å². The van der Waals surface area contributed by atoms with Crippen molar-refractivity contribution < 1.29 is 0 Å². The highest BCUT2D eigenvalue weighted by molar-refractivity contribution is 9.08. The van der Waals surface area contributed by atoms with Gasteiger partial charge in [-0.1, -0.05) is 40.2 Å². The number of benzene rings is 1. The van der Waals surface area contributed by atoms with E-state index in [-0.39, 0.29) is 0 Å². The molecule has 1 aliphatic rings. The molecule has 0 amide bonds. The second kappa shape index (κ2) is 4.73. The molecule has 1 unspecified atom stereocenters. The molecule has 18 heavy (non-hydrogen) atoms. The van der Waals surface area contributed by atoms with Crippen LogP contribution in [0.25, 0.3) is 0 Å². The van der Waals surface area contributed by atoms with Gasteiger partial charge in [0.1, 0.15) is 5.82 Å². The first-order valence-corrected chi connectivity index (χ1v) is 7.30. The van der Waals surface area contributed by atoms with Crippen LogP contribution in [-0.2, 0) is 11.8 Å². The van der Waals surface area contributed by atoms with Gasteiger partial charge < -0.3 is 4.90 Å². The molecule has 1 atom stereocenters. The number of hydrogen-bond donors (Lipinski definition) is 0. The summed E-state index contributed by atoms with van der Waals surface area (Å²) >= 11 is 3.55. The fourth-order valence-electron chi connectivity index (χ4n) is 2.64. The Hall–Kier alpha value is -1.35. The van der Waals surface area contributed by atoms with Crippen LogP contribution in [0.4, 0.5) is 11.5 Å². The van der Waals surface area contributed by atoms with Crippen LogP contribution >= 0.6 is 15.9 Å². The fourth-order valence-corrected chi connectivity index (χ4v) is 3.08. The van der Waals surface area contributed by atoms with Gasteiger partial charge in [0.25, 0.3) is 0 Å². The van der Waals surface area contributed by atoms with Gasteiger partial charge in [-0.3, -0.25) is 0 Å². The summed E-state index contributed by atoms with van der Waals surface area (Å²) in [6.45, 7) is 2.26. The molecule has 0 fully saturated rings. The van der Waals surface area contributed by atoms with Crippen LogP contribution in [0.15, 0.2) is 42.6 Å². The lowest BCUT2D eigenvalue weighted by Gasteiger charge is -2.25. The highest BCUT2D eigenvalue weighted by Crippen LogP contribution is 2.38. The number of hydrogen-bond acceptors (Lipinski definition) is 2. The number of para-hydroxylation sites is 1. The number of alkyl halides is 1. The number of halogens is 1. The van der Waals surface area contributed by atoms with Gasteiger partial charge in [0.05, 0.1) is 0 Å². The molecule has 0 N–H and O–H groups in total. The van der Waals surface area contributed by atoms with Crippen LogP contribution in [0.3, 0.4) is 0 Å². The van der Waals surface area contributed by atoms with Crippen molar-refractivity contribution in [1.82, 2.24) is 4.98 Å². The summed E-state index contributed by atoms with van der Waals surface area (Å²) in [5.41, 5.74) is 3.95. The zero-order valence-corrected chi connectivity index (χ0v) is 11.9. The zero-order valence-electron chi connectivity index (χ0n) is 10.3. The van der Waals surface area contributed by atoms with Crippen molar-refractivity contribution in [1.29, 1.82) is 0 Å². The Morgan fingerprint density at radius 2 is 2.11 bits per heavy atom. The normalized spacial score (nSPS) is 17.9. The standard InChI is InChI=1S/C15H15BrN2/c1-11-9-12-5-2-3-7-14(12)18(11)15-13(10-16)6-4-8-17-15/h2-8,11H,9-10H2,1H3. The van der Waals surface area contributed by atoms with Crippen molar-refractivity contribution in [2.24, 2.45) is 0 Å². The topological polar surface area (TPSA) is 16.1 Å². The molecule has 0 aliphatic carbocycles. The first-order valence-electron chi connectivity index (χ1n) is 6.18. The minimum atomic E-state index is 0.468. The van der Waals surface area contributed by atoms with Crippen molar-refractivity contribution in [3.05, 3.63) is 53.7 Å². The van der Waals surface area contributed by atoms with Crippen molar-refractivity contribution in [3.63, 3.8) is 0 Å². The van der Waals surface area contributed by atoms with Gasteiger partial charge in [-0.2, -0.15) is 0 Å². The van der Waals surface area contributed by atoms with Crippen molar-refractivity contribution in [3.8, 4) is 0 Å². The first-order chi connectivity index (χ1) is 8.81. The van der Waals surface area contributed by atoms with Crippen molar-refractivity contribution in [2.45, 2.75) is 24.7 Å². The number of pyridine rings is 1. The molecule has 2 heterocycles. The van der Waals surface area contributed by atoms with Gasteiger partial charge in [0.15, 0.2) is 0 Å².